The summed E-state index contributed by atoms with van der Waals surface area (Å²) in [5.41, 5.74) is 0.662. The normalized spacial score (nSPS) is 10.5. The maximum Gasteiger partial charge on any atom is 0.0940 e. The van der Waals surface area contributed by atoms with Gasteiger partial charge in [-0.1, -0.05) is 6.08 Å². The van der Waals surface area contributed by atoms with Crippen LogP contribution in [0.5, 0.6) is 0 Å². The maximum absolute atomic E-state index is 7.98. The van der Waals surface area contributed by atoms with E-state index in [9.17, 15) is 0 Å². The third-order valence-electron chi connectivity index (χ3n) is 0.483. The van der Waals surface area contributed by atoms with Gasteiger partial charge >= 0.3 is 0 Å². The molecule has 0 aromatic rings. The molecule has 0 heterocycles. The highest BCUT2D eigenvalue weighted by Crippen LogP contribution is 1.82. The summed E-state index contributed by atoms with van der Waals surface area (Å²) in [5.74, 6) is 0. The molecule has 0 amide bonds. The zero-order valence-corrected chi connectivity index (χ0v) is 3.73. The Morgan fingerprint density at radius 1 is 2.00 bits per heavy atom. The van der Waals surface area contributed by atoms with Crippen LogP contribution in [0, 0.1) is 18.3 Å². The predicted molar refractivity (Wildman–Crippen MR) is 24.7 cm³/mol. The largest absolute Gasteiger partial charge is 0.193 e. The van der Waals surface area contributed by atoms with Crippen molar-refractivity contribution >= 4 is 0 Å². The molecular weight excluding hydrogens is 74.1 g/mol. The predicted octanol–water partition coefficient (Wildman–Crippen LogP) is 1.29. The van der Waals surface area contributed by atoms with E-state index in [1.165, 1.54) is 6.08 Å². The molecule has 0 N–H and O–H groups in total. The fourth-order valence-corrected chi connectivity index (χ4v) is 0.0456. The number of allylic oxidation sites excluding steroid dienone is 2. The van der Waals surface area contributed by atoms with Crippen molar-refractivity contribution in [1.82, 2.24) is 0 Å². The molecule has 0 unspecified atom stereocenters. The first-order valence-electron chi connectivity index (χ1n) is 1.67. The SMILES string of the molecule is [CH2]/C=C(/C)C#N. The summed E-state index contributed by atoms with van der Waals surface area (Å²) in [5, 5.41) is 7.98. The minimum atomic E-state index is 0.662. The van der Waals surface area contributed by atoms with Crippen LogP contribution in [0.15, 0.2) is 11.6 Å². The first kappa shape index (κ1) is 5.23. The lowest BCUT2D eigenvalue weighted by Gasteiger charge is -1.70. The molecule has 0 spiro atoms. The van der Waals surface area contributed by atoms with Gasteiger partial charge in [-0.15, -0.1) is 0 Å². The molecule has 0 aromatic heterocycles. The zero-order chi connectivity index (χ0) is 4.99. The molecule has 1 radical (unpaired) electrons. The average molecular weight is 80.1 g/mol. The van der Waals surface area contributed by atoms with Gasteiger partial charge < -0.3 is 0 Å². The first-order valence-corrected chi connectivity index (χ1v) is 1.67. The lowest BCUT2D eigenvalue weighted by atomic mass is 10.3. The summed E-state index contributed by atoms with van der Waals surface area (Å²) in [7, 11) is 0. The van der Waals surface area contributed by atoms with Crippen LogP contribution in [0.3, 0.4) is 0 Å². The monoisotopic (exact) mass is 80.1 g/mol. The minimum Gasteiger partial charge on any atom is -0.193 e. The maximum atomic E-state index is 7.98. The molecule has 0 rings (SSSR count). The number of hydrogen-bond donors (Lipinski definition) is 0. The van der Waals surface area contributed by atoms with E-state index in [2.05, 4.69) is 6.92 Å². The molecule has 0 aromatic carbocycles. The summed E-state index contributed by atoms with van der Waals surface area (Å²) in [6.07, 6.45) is 1.53. The van der Waals surface area contributed by atoms with Crippen molar-refractivity contribution in [2.24, 2.45) is 0 Å². The Morgan fingerprint density at radius 3 is 2.50 bits per heavy atom. The van der Waals surface area contributed by atoms with Crippen molar-refractivity contribution in [2.75, 3.05) is 0 Å². The second-order valence-electron chi connectivity index (χ2n) is 0.999. The molecule has 0 atom stereocenters. The van der Waals surface area contributed by atoms with Crippen LogP contribution in [0.2, 0.25) is 0 Å². The summed E-state index contributed by atoms with van der Waals surface area (Å²) >= 11 is 0. The van der Waals surface area contributed by atoms with E-state index >= 15 is 0 Å². The smallest absolute Gasteiger partial charge is 0.0940 e. The Balaban J connectivity index is 3.61. The highest BCUT2D eigenvalue weighted by Gasteiger charge is 1.71. The Kier molecular flexibility index (Phi) is 2.15. The van der Waals surface area contributed by atoms with E-state index in [1.54, 1.807) is 6.92 Å². The van der Waals surface area contributed by atoms with Crippen molar-refractivity contribution in [2.45, 2.75) is 6.92 Å². The van der Waals surface area contributed by atoms with E-state index in [-0.39, 0.29) is 0 Å². The average Bonchev–Trinajstić information content (AvgIpc) is 1.65. The number of hydrogen-bond acceptors (Lipinski definition) is 1. The van der Waals surface area contributed by atoms with Crippen LogP contribution in [0.25, 0.3) is 0 Å². The van der Waals surface area contributed by atoms with Gasteiger partial charge in [0.2, 0.25) is 0 Å². The quantitative estimate of drug-likeness (QED) is 0.402. The molecule has 0 aliphatic carbocycles. The first-order chi connectivity index (χ1) is 2.81. The molecule has 1 heteroatoms. The number of rotatable bonds is 0. The van der Waals surface area contributed by atoms with Crippen LogP contribution >= 0.6 is 0 Å². The van der Waals surface area contributed by atoms with E-state index in [0.717, 1.165) is 0 Å². The van der Waals surface area contributed by atoms with Crippen LogP contribution < -0.4 is 0 Å². The lowest BCUT2D eigenvalue weighted by molar-refractivity contribution is 1.44. The molecule has 31 valence electrons. The van der Waals surface area contributed by atoms with Crippen molar-refractivity contribution in [3.63, 3.8) is 0 Å². The molecule has 0 aliphatic rings. The number of nitrogens with zero attached hydrogens (tertiary/aromatic N) is 1. The summed E-state index contributed by atoms with van der Waals surface area (Å²) in [4.78, 5) is 0. The fourth-order valence-electron chi connectivity index (χ4n) is 0.0456. The summed E-state index contributed by atoms with van der Waals surface area (Å²) in [6, 6.07) is 1.91. The van der Waals surface area contributed by atoms with Crippen molar-refractivity contribution in [1.29, 1.82) is 5.26 Å². The highest BCUT2D eigenvalue weighted by molar-refractivity contribution is 5.17. The molecule has 1 nitrogen and oxygen atoms in total. The van der Waals surface area contributed by atoms with Gasteiger partial charge in [0.15, 0.2) is 0 Å². The lowest BCUT2D eigenvalue weighted by Crippen LogP contribution is -1.59. The van der Waals surface area contributed by atoms with Gasteiger partial charge in [-0.2, -0.15) is 5.26 Å². The van der Waals surface area contributed by atoms with Crippen molar-refractivity contribution in [3.8, 4) is 6.07 Å². The third kappa shape index (κ3) is 1.54. The van der Waals surface area contributed by atoms with E-state index in [0.29, 0.717) is 5.57 Å². The molecular formula is C5H6N. The highest BCUT2D eigenvalue weighted by atomic mass is 14.2. The Hall–Kier alpha value is -0.770. The molecule has 0 bridgehead atoms. The van der Waals surface area contributed by atoms with Crippen LogP contribution in [0.4, 0.5) is 0 Å². The van der Waals surface area contributed by atoms with Gasteiger partial charge in [0, 0.05) is 5.57 Å². The second-order valence-corrected chi connectivity index (χ2v) is 0.999. The van der Waals surface area contributed by atoms with E-state index in [1.807, 2.05) is 6.07 Å². The standard InChI is InChI=1S/C5H6N/c1-3-5(2)4-6/h3H,1H2,2H3/b5-3-. The van der Waals surface area contributed by atoms with Gasteiger partial charge in [0.1, 0.15) is 0 Å². The molecule has 0 fully saturated rings. The van der Waals surface area contributed by atoms with E-state index < -0.39 is 0 Å². The topological polar surface area (TPSA) is 23.8 Å². The summed E-state index contributed by atoms with van der Waals surface area (Å²) in [6.45, 7) is 5.09. The molecule has 6 heavy (non-hydrogen) atoms. The van der Waals surface area contributed by atoms with Crippen molar-refractivity contribution in [3.05, 3.63) is 18.6 Å². The second kappa shape index (κ2) is 2.47. The van der Waals surface area contributed by atoms with Gasteiger partial charge in [0.05, 0.1) is 6.07 Å². The molecule has 0 saturated heterocycles. The third-order valence-corrected chi connectivity index (χ3v) is 0.483. The Morgan fingerprint density at radius 2 is 2.50 bits per heavy atom. The zero-order valence-electron chi connectivity index (χ0n) is 3.73. The molecule has 0 saturated carbocycles. The number of nitriles is 1. The summed E-state index contributed by atoms with van der Waals surface area (Å²) < 4.78 is 0. The van der Waals surface area contributed by atoms with Gasteiger partial charge in [-0.05, 0) is 13.8 Å². The minimum absolute atomic E-state index is 0.662. The van der Waals surface area contributed by atoms with Crippen molar-refractivity contribution < 1.29 is 0 Å². The Labute approximate surface area is 37.9 Å². The van der Waals surface area contributed by atoms with Gasteiger partial charge in [0.25, 0.3) is 0 Å². The van der Waals surface area contributed by atoms with Crippen LogP contribution in [-0.2, 0) is 0 Å². The van der Waals surface area contributed by atoms with Gasteiger partial charge in [-0.25, -0.2) is 0 Å². The van der Waals surface area contributed by atoms with Crippen LogP contribution in [-0.4, -0.2) is 0 Å². The van der Waals surface area contributed by atoms with E-state index in [4.69, 9.17) is 5.26 Å². The Bertz CT molecular complexity index is 95.0. The van der Waals surface area contributed by atoms with Gasteiger partial charge in [-0.3, -0.25) is 0 Å². The van der Waals surface area contributed by atoms with Crippen LogP contribution in [0.1, 0.15) is 6.92 Å². The molecule has 0 aliphatic heterocycles. The fraction of sp³-hybridized carbons (Fsp3) is 0.200.